The van der Waals surface area contributed by atoms with Gasteiger partial charge in [0.25, 0.3) is 0 Å². The van der Waals surface area contributed by atoms with Crippen molar-refractivity contribution in [3.05, 3.63) is 78.6 Å². The quantitative estimate of drug-likeness (QED) is 0.655. The molecule has 2 aromatic carbocycles. The Hall–Kier alpha value is -3.55. The smallest absolute Gasteiger partial charge is 0.417 e. The molecule has 0 saturated carbocycles. The third kappa shape index (κ3) is 4.97. The zero-order valence-corrected chi connectivity index (χ0v) is 13.7. The average molecular weight is 374 g/mol. The van der Waals surface area contributed by atoms with E-state index < -0.39 is 17.8 Å². The molecular formula is C19H13F3N2O3. The van der Waals surface area contributed by atoms with Gasteiger partial charge in [-0.05, 0) is 42.5 Å². The third-order valence-corrected chi connectivity index (χ3v) is 3.36. The molecule has 1 heterocycles. The molecule has 3 rings (SSSR count). The summed E-state index contributed by atoms with van der Waals surface area (Å²) in [5, 5.41) is 2.29. The van der Waals surface area contributed by atoms with Gasteiger partial charge in [-0.25, -0.2) is 4.79 Å². The van der Waals surface area contributed by atoms with Gasteiger partial charge in [0.05, 0.1) is 17.4 Å². The SMILES string of the molecule is O=C(Nc1cc(C(F)(F)F)ccc1Oc1cccnc1)Oc1ccccc1. The van der Waals surface area contributed by atoms with Crippen LogP contribution in [0.15, 0.2) is 73.1 Å². The van der Waals surface area contributed by atoms with Gasteiger partial charge in [0.2, 0.25) is 0 Å². The topological polar surface area (TPSA) is 60.5 Å². The molecule has 0 atom stereocenters. The van der Waals surface area contributed by atoms with E-state index in [9.17, 15) is 18.0 Å². The number of carbonyl (C=O) groups excluding carboxylic acids is 1. The average Bonchev–Trinajstić information content (AvgIpc) is 2.64. The fourth-order valence-electron chi connectivity index (χ4n) is 2.16. The Bertz CT molecular complexity index is 916. The van der Waals surface area contributed by atoms with Crippen molar-refractivity contribution >= 4 is 11.8 Å². The number of anilines is 1. The van der Waals surface area contributed by atoms with Crippen LogP contribution < -0.4 is 14.8 Å². The number of rotatable bonds is 4. The first-order valence-electron chi connectivity index (χ1n) is 7.75. The Morgan fingerprint density at radius 3 is 2.37 bits per heavy atom. The molecule has 0 aliphatic rings. The van der Waals surface area contributed by atoms with Crippen molar-refractivity contribution in [1.29, 1.82) is 0 Å². The van der Waals surface area contributed by atoms with Crippen molar-refractivity contribution in [1.82, 2.24) is 4.98 Å². The van der Waals surface area contributed by atoms with E-state index in [4.69, 9.17) is 9.47 Å². The molecule has 0 saturated heterocycles. The van der Waals surface area contributed by atoms with Gasteiger partial charge in [0.15, 0.2) is 5.75 Å². The number of carbonyl (C=O) groups is 1. The molecule has 138 valence electrons. The monoisotopic (exact) mass is 374 g/mol. The van der Waals surface area contributed by atoms with Crippen LogP contribution in [-0.4, -0.2) is 11.1 Å². The van der Waals surface area contributed by atoms with Gasteiger partial charge < -0.3 is 9.47 Å². The number of aromatic nitrogens is 1. The lowest BCUT2D eigenvalue weighted by atomic mass is 10.2. The minimum absolute atomic E-state index is 0.0148. The second-order valence-electron chi connectivity index (χ2n) is 5.33. The van der Waals surface area contributed by atoms with E-state index in [2.05, 4.69) is 10.3 Å². The highest BCUT2D eigenvalue weighted by Crippen LogP contribution is 2.36. The van der Waals surface area contributed by atoms with E-state index in [1.54, 1.807) is 42.5 Å². The van der Waals surface area contributed by atoms with Crippen LogP contribution in [0.1, 0.15) is 5.56 Å². The summed E-state index contributed by atoms with van der Waals surface area (Å²) < 4.78 is 49.6. The van der Waals surface area contributed by atoms with Crippen molar-refractivity contribution in [3.8, 4) is 17.2 Å². The molecule has 0 unspecified atom stereocenters. The molecule has 27 heavy (non-hydrogen) atoms. The first kappa shape index (κ1) is 18.2. The van der Waals surface area contributed by atoms with Gasteiger partial charge >= 0.3 is 12.3 Å². The number of para-hydroxylation sites is 1. The maximum absolute atomic E-state index is 13.0. The molecule has 0 aliphatic heterocycles. The molecular weight excluding hydrogens is 361 g/mol. The molecule has 1 aromatic heterocycles. The number of amides is 1. The van der Waals surface area contributed by atoms with Crippen LogP contribution in [0.5, 0.6) is 17.2 Å². The predicted octanol–water partition coefficient (Wildman–Crippen LogP) is 5.50. The van der Waals surface area contributed by atoms with Crippen LogP contribution in [0.2, 0.25) is 0 Å². The Kier molecular flexibility index (Phi) is 5.25. The van der Waals surface area contributed by atoms with E-state index in [-0.39, 0.29) is 17.2 Å². The third-order valence-electron chi connectivity index (χ3n) is 3.36. The second kappa shape index (κ2) is 7.77. The van der Waals surface area contributed by atoms with E-state index in [1.807, 2.05) is 0 Å². The number of halogens is 3. The number of pyridine rings is 1. The van der Waals surface area contributed by atoms with Crippen molar-refractivity contribution in [2.45, 2.75) is 6.18 Å². The molecule has 3 aromatic rings. The van der Waals surface area contributed by atoms with Gasteiger partial charge in [0.1, 0.15) is 11.5 Å². The summed E-state index contributed by atoms with van der Waals surface area (Å²) in [6.07, 6.45) is -2.61. The summed E-state index contributed by atoms with van der Waals surface area (Å²) in [5.41, 5.74) is -1.12. The zero-order valence-electron chi connectivity index (χ0n) is 13.7. The maximum Gasteiger partial charge on any atom is 0.417 e. The molecule has 1 amide bonds. The summed E-state index contributed by atoms with van der Waals surface area (Å²) >= 11 is 0. The number of nitrogens with one attached hydrogen (secondary N) is 1. The number of alkyl halides is 3. The summed E-state index contributed by atoms with van der Waals surface area (Å²) in [5.74, 6) is 0.564. The van der Waals surface area contributed by atoms with Crippen molar-refractivity contribution < 1.29 is 27.4 Å². The molecule has 0 spiro atoms. The van der Waals surface area contributed by atoms with Gasteiger partial charge in [-0.15, -0.1) is 0 Å². The minimum atomic E-state index is -4.58. The highest BCUT2D eigenvalue weighted by molar-refractivity contribution is 5.88. The number of hydrogen-bond donors (Lipinski definition) is 1. The lowest BCUT2D eigenvalue weighted by Crippen LogP contribution is -2.18. The molecule has 0 fully saturated rings. The number of nitrogens with zero attached hydrogens (tertiary/aromatic N) is 1. The number of hydrogen-bond acceptors (Lipinski definition) is 4. The second-order valence-corrected chi connectivity index (χ2v) is 5.33. The van der Waals surface area contributed by atoms with E-state index in [1.165, 1.54) is 12.4 Å². The van der Waals surface area contributed by atoms with E-state index in [0.717, 1.165) is 18.2 Å². The zero-order chi connectivity index (χ0) is 19.3. The number of ether oxygens (including phenoxy) is 2. The van der Waals surface area contributed by atoms with Crippen molar-refractivity contribution in [3.63, 3.8) is 0 Å². The molecule has 0 bridgehead atoms. The van der Waals surface area contributed by atoms with Crippen LogP contribution in [0, 0.1) is 0 Å². The van der Waals surface area contributed by atoms with Gasteiger partial charge in [-0.1, -0.05) is 18.2 Å². The fourth-order valence-corrected chi connectivity index (χ4v) is 2.16. The fraction of sp³-hybridized carbons (Fsp3) is 0.0526. The van der Waals surface area contributed by atoms with Crippen molar-refractivity contribution in [2.75, 3.05) is 5.32 Å². The Balaban J connectivity index is 1.86. The summed E-state index contributed by atoms with van der Waals surface area (Å²) in [7, 11) is 0. The highest BCUT2D eigenvalue weighted by Gasteiger charge is 2.31. The minimum Gasteiger partial charge on any atom is -0.454 e. The van der Waals surface area contributed by atoms with Crippen LogP contribution in [0.25, 0.3) is 0 Å². The maximum atomic E-state index is 13.0. The molecule has 0 radical (unpaired) electrons. The Morgan fingerprint density at radius 2 is 1.70 bits per heavy atom. The summed E-state index contributed by atoms with van der Waals surface area (Å²) in [4.78, 5) is 15.9. The van der Waals surface area contributed by atoms with Gasteiger partial charge in [-0.3, -0.25) is 10.3 Å². The molecule has 1 N–H and O–H groups in total. The summed E-state index contributed by atoms with van der Waals surface area (Å²) in [6.45, 7) is 0. The van der Waals surface area contributed by atoms with Crippen LogP contribution >= 0.6 is 0 Å². The normalized spacial score (nSPS) is 10.9. The first-order chi connectivity index (χ1) is 12.9. The predicted molar refractivity (Wildman–Crippen MR) is 91.8 cm³/mol. The van der Waals surface area contributed by atoms with Gasteiger partial charge in [0, 0.05) is 6.20 Å². The van der Waals surface area contributed by atoms with Crippen LogP contribution in [0.3, 0.4) is 0 Å². The van der Waals surface area contributed by atoms with Gasteiger partial charge in [-0.2, -0.15) is 13.2 Å². The lowest BCUT2D eigenvalue weighted by molar-refractivity contribution is -0.137. The molecule has 8 heteroatoms. The van der Waals surface area contributed by atoms with E-state index >= 15 is 0 Å². The van der Waals surface area contributed by atoms with E-state index in [0.29, 0.717) is 5.75 Å². The largest absolute Gasteiger partial charge is 0.454 e. The summed E-state index contributed by atoms with van der Waals surface area (Å²) in [6, 6.07) is 14.1. The van der Waals surface area contributed by atoms with Crippen LogP contribution in [0.4, 0.5) is 23.7 Å². The highest BCUT2D eigenvalue weighted by atomic mass is 19.4. The lowest BCUT2D eigenvalue weighted by Gasteiger charge is -2.15. The number of benzene rings is 2. The molecule has 0 aliphatic carbocycles. The molecule has 5 nitrogen and oxygen atoms in total. The van der Waals surface area contributed by atoms with Crippen LogP contribution in [-0.2, 0) is 6.18 Å². The Morgan fingerprint density at radius 1 is 0.963 bits per heavy atom. The Labute approximate surface area is 152 Å². The first-order valence-corrected chi connectivity index (χ1v) is 7.75. The standard InChI is InChI=1S/C19H13F3N2O3/c20-19(21,22)13-8-9-17(26-15-7-4-10-23-12-15)16(11-13)24-18(25)27-14-5-2-1-3-6-14/h1-12H,(H,24,25). The van der Waals surface area contributed by atoms with Crippen molar-refractivity contribution in [2.24, 2.45) is 0 Å².